The van der Waals surface area contributed by atoms with Crippen molar-refractivity contribution in [3.05, 3.63) is 0 Å². The third-order valence-electron chi connectivity index (χ3n) is 3.03. The molecule has 9 heavy (non-hydrogen) atoms. The average molecular weight is 143 g/mol. The molecule has 52 valence electrons. The van der Waals surface area contributed by atoms with E-state index in [1.54, 1.807) is 50.3 Å². The van der Waals surface area contributed by atoms with Crippen LogP contribution in [0.3, 0.4) is 0 Å². The Morgan fingerprint density at radius 1 is 0.556 bits per heavy atom. The highest BCUT2D eigenvalue weighted by Crippen LogP contribution is 2.67. The quantitative estimate of drug-likeness (QED) is 0.457. The maximum Gasteiger partial charge on any atom is 0.0595 e. The van der Waals surface area contributed by atoms with Gasteiger partial charge in [0.25, 0.3) is 0 Å². The van der Waals surface area contributed by atoms with E-state index in [1.165, 1.54) is 0 Å². The molecule has 2 fully saturated rings. The molecule has 0 unspecified atom stereocenters. The Morgan fingerprint density at radius 3 is 1.22 bits per heavy atom. The minimum Gasteiger partial charge on any atom is -0.0158 e. The lowest BCUT2D eigenvalue weighted by atomic mass is 10.4. The lowest BCUT2D eigenvalue weighted by molar-refractivity contribution is 0.949. The summed E-state index contributed by atoms with van der Waals surface area (Å²) in [6, 6.07) is 0. The Balaban J connectivity index is 2.04. The average Bonchev–Trinajstić information content (AvgIpc) is 2.45. The highest BCUT2D eigenvalue weighted by atomic mass is 31.2. The van der Waals surface area contributed by atoms with Crippen molar-refractivity contribution in [1.29, 1.82) is 0 Å². The summed E-state index contributed by atoms with van der Waals surface area (Å²) in [6.07, 6.45) is 13.0. The minimum absolute atomic E-state index is 0.198. The van der Waals surface area contributed by atoms with Crippen molar-refractivity contribution in [1.82, 2.24) is 0 Å². The Labute approximate surface area is 58.4 Å². The molecular formula is C8H16P+. The van der Waals surface area contributed by atoms with Crippen molar-refractivity contribution in [3.8, 4) is 0 Å². The van der Waals surface area contributed by atoms with E-state index < -0.39 is 0 Å². The van der Waals surface area contributed by atoms with Crippen LogP contribution in [0.4, 0.5) is 0 Å². The van der Waals surface area contributed by atoms with Gasteiger partial charge in [-0.1, -0.05) is 0 Å². The molecule has 0 aliphatic carbocycles. The molecule has 0 nitrogen and oxygen atoms in total. The Kier molecular flexibility index (Phi) is 1.53. The molecule has 2 rings (SSSR count). The van der Waals surface area contributed by atoms with Crippen molar-refractivity contribution in [2.24, 2.45) is 0 Å². The lowest BCUT2D eigenvalue weighted by Gasteiger charge is -2.13. The third-order valence-corrected chi connectivity index (χ3v) is 8.09. The molecule has 2 saturated heterocycles. The second kappa shape index (κ2) is 2.23. The summed E-state index contributed by atoms with van der Waals surface area (Å²) in [5.41, 5.74) is 0. The largest absolute Gasteiger partial charge is 0.0595 e. The zero-order valence-electron chi connectivity index (χ0n) is 6.10. The maximum absolute atomic E-state index is 1.67. The molecule has 0 aromatic carbocycles. The summed E-state index contributed by atoms with van der Waals surface area (Å²) in [5.74, 6) is 0. The standard InChI is InChI=1S/C8H16P/c1-2-6-9(5-1)7-3-4-8-9/h1-8H2/q+1. The molecule has 0 saturated carbocycles. The summed E-state index contributed by atoms with van der Waals surface area (Å²) in [5, 5.41) is 0. The molecule has 0 N–H and O–H groups in total. The molecule has 0 aromatic rings. The van der Waals surface area contributed by atoms with Gasteiger partial charge in [0.05, 0.1) is 24.6 Å². The summed E-state index contributed by atoms with van der Waals surface area (Å²) >= 11 is 0. The van der Waals surface area contributed by atoms with Gasteiger partial charge >= 0.3 is 0 Å². The van der Waals surface area contributed by atoms with Gasteiger partial charge in [-0.15, -0.1) is 0 Å². The van der Waals surface area contributed by atoms with Gasteiger partial charge in [-0.05, 0) is 25.7 Å². The normalized spacial score (nSPS) is 32.0. The van der Waals surface area contributed by atoms with Gasteiger partial charge in [0.15, 0.2) is 0 Å². The molecule has 2 aliphatic heterocycles. The van der Waals surface area contributed by atoms with Gasteiger partial charge in [0, 0.05) is 7.26 Å². The third kappa shape index (κ3) is 1.03. The van der Waals surface area contributed by atoms with Crippen molar-refractivity contribution in [3.63, 3.8) is 0 Å². The van der Waals surface area contributed by atoms with Crippen LogP contribution in [0.15, 0.2) is 0 Å². The van der Waals surface area contributed by atoms with Crippen LogP contribution in [0.1, 0.15) is 25.7 Å². The second-order valence-corrected chi connectivity index (χ2v) is 8.12. The van der Waals surface area contributed by atoms with Gasteiger partial charge in [0.2, 0.25) is 0 Å². The predicted molar refractivity (Wildman–Crippen MR) is 44.9 cm³/mol. The molecule has 1 spiro atoms. The van der Waals surface area contributed by atoms with Crippen LogP contribution < -0.4 is 0 Å². The monoisotopic (exact) mass is 143 g/mol. The molecule has 2 aliphatic rings. The summed E-state index contributed by atoms with van der Waals surface area (Å²) in [4.78, 5) is 0. The zero-order chi connectivity index (χ0) is 6.16. The highest BCUT2D eigenvalue weighted by molar-refractivity contribution is 7.76. The van der Waals surface area contributed by atoms with Gasteiger partial charge < -0.3 is 0 Å². The molecule has 0 radical (unpaired) electrons. The van der Waals surface area contributed by atoms with Crippen LogP contribution >= 0.6 is 7.26 Å². The summed E-state index contributed by atoms with van der Waals surface area (Å²) in [6.45, 7) is 0. The molecule has 0 bridgehead atoms. The summed E-state index contributed by atoms with van der Waals surface area (Å²) in [7, 11) is -0.198. The first-order valence-corrected chi connectivity index (χ1v) is 6.79. The molecule has 0 atom stereocenters. The number of rotatable bonds is 0. The van der Waals surface area contributed by atoms with E-state index in [4.69, 9.17) is 0 Å². The fourth-order valence-corrected chi connectivity index (χ4v) is 7.38. The Bertz CT molecular complexity index is 79.6. The SMILES string of the molecule is C1CC[P+]2(C1)CCCC2. The van der Waals surface area contributed by atoms with Gasteiger partial charge in [-0.2, -0.15) is 0 Å². The lowest BCUT2D eigenvalue weighted by Crippen LogP contribution is -1.95. The van der Waals surface area contributed by atoms with E-state index >= 15 is 0 Å². The predicted octanol–water partition coefficient (Wildman–Crippen LogP) is 2.59. The Hall–Kier alpha value is 0.430. The van der Waals surface area contributed by atoms with E-state index in [0.717, 1.165) is 0 Å². The molecule has 2 heterocycles. The highest BCUT2D eigenvalue weighted by Gasteiger charge is 2.42. The van der Waals surface area contributed by atoms with Crippen molar-refractivity contribution < 1.29 is 0 Å². The van der Waals surface area contributed by atoms with E-state index in [0.29, 0.717) is 0 Å². The minimum atomic E-state index is -0.198. The van der Waals surface area contributed by atoms with Crippen LogP contribution in [-0.2, 0) is 0 Å². The summed E-state index contributed by atoms with van der Waals surface area (Å²) < 4.78 is 0. The van der Waals surface area contributed by atoms with Gasteiger partial charge in [-0.3, -0.25) is 0 Å². The number of hydrogen-bond acceptors (Lipinski definition) is 0. The van der Waals surface area contributed by atoms with E-state index in [1.807, 2.05) is 0 Å². The molecule has 1 heteroatoms. The van der Waals surface area contributed by atoms with Crippen LogP contribution in [0, 0.1) is 0 Å². The van der Waals surface area contributed by atoms with Crippen molar-refractivity contribution >= 4 is 7.26 Å². The van der Waals surface area contributed by atoms with E-state index in [9.17, 15) is 0 Å². The molecule has 0 aromatic heterocycles. The van der Waals surface area contributed by atoms with Crippen molar-refractivity contribution in [2.75, 3.05) is 24.6 Å². The first-order chi connectivity index (χ1) is 4.41. The van der Waals surface area contributed by atoms with Crippen LogP contribution in [-0.4, -0.2) is 24.6 Å². The fourth-order valence-electron chi connectivity index (χ4n) is 2.46. The first kappa shape index (κ1) is 6.16. The molecule has 0 amide bonds. The maximum atomic E-state index is 1.67. The molecular weight excluding hydrogens is 127 g/mol. The van der Waals surface area contributed by atoms with Crippen LogP contribution in [0.5, 0.6) is 0 Å². The smallest absolute Gasteiger partial charge is 0.0158 e. The topological polar surface area (TPSA) is 0 Å². The second-order valence-electron chi connectivity index (χ2n) is 3.65. The van der Waals surface area contributed by atoms with Crippen LogP contribution in [0.2, 0.25) is 0 Å². The zero-order valence-corrected chi connectivity index (χ0v) is 7.00. The Morgan fingerprint density at radius 2 is 0.889 bits per heavy atom. The van der Waals surface area contributed by atoms with Crippen molar-refractivity contribution in [2.45, 2.75) is 25.7 Å². The van der Waals surface area contributed by atoms with E-state index in [2.05, 4.69) is 0 Å². The van der Waals surface area contributed by atoms with Crippen LogP contribution in [0.25, 0.3) is 0 Å². The fraction of sp³-hybridized carbons (Fsp3) is 1.00. The van der Waals surface area contributed by atoms with Gasteiger partial charge in [-0.25, -0.2) is 0 Å². The first-order valence-electron chi connectivity index (χ1n) is 4.26. The van der Waals surface area contributed by atoms with Gasteiger partial charge in [0.1, 0.15) is 0 Å². The van der Waals surface area contributed by atoms with E-state index in [-0.39, 0.29) is 7.26 Å². The number of hydrogen-bond donors (Lipinski definition) is 0.